The van der Waals surface area contributed by atoms with Gasteiger partial charge in [-0.2, -0.15) is 5.26 Å². The normalized spacial score (nSPS) is 21.8. The van der Waals surface area contributed by atoms with Crippen LogP contribution in [0.3, 0.4) is 0 Å². The maximum atomic E-state index is 12.3. The summed E-state index contributed by atoms with van der Waals surface area (Å²) in [5.74, 6) is -0.874. The molecule has 0 atom stereocenters. The van der Waals surface area contributed by atoms with E-state index in [0.717, 1.165) is 31.6 Å². The van der Waals surface area contributed by atoms with Gasteiger partial charge in [-0.1, -0.05) is 0 Å². The number of nitrogens with zero attached hydrogens (tertiary/aromatic N) is 2. The van der Waals surface area contributed by atoms with Gasteiger partial charge in [-0.25, -0.2) is 0 Å². The minimum Gasteiger partial charge on any atom is -0.374 e. The van der Waals surface area contributed by atoms with Gasteiger partial charge >= 0.3 is 0 Å². The second-order valence-electron chi connectivity index (χ2n) is 6.30. The number of carbonyl (C=O) groups excluding carboxylic acids is 2. The van der Waals surface area contributed by atoms with E-state index in [-0.39, 0.29) is 5.57 Å². The minimum absolute atomic E-state index is 0.0226. The molecule has 2 rings (SSSR count). The lowest BCUT2D eigenvalue weighted by atomic mass is 9.96. The molecule has 2 N–H and O–H groups in total. The van der Waals surface area contributed by atoms with Gasteiger partial charge in [-0.3, -0.25) is 9.59 Å². The largest absolute Gasteiger partial charge is 0.374 e. The highest BCUT2D eigenvalue weighted by Gasteiger charge is 2.36. The standard InChI is InChI=1S/C16H22N4O2/c1-10(12(9-17)11(2)20-7-5-6-8-20)13-14(21)18-16(3,4)19-15(13)22/h5-8H2,1-4H3,(H,18,21)(H,19,22)/b12-11+. The summed E-state index contributed by atoms with van der Waals surface area (Å²) in [6.07, 6.45) is 2.20. The Labute approximate surface area is 130 Å². The van der Waals surface area contributed by atoms with E-state index in [1.54, 1.807) is 20.8 Å². The van der Waals surface area contributed by atoms with Gasteiger partial charge < -0.3 is 15.5 Å². The second kappa shape index (κ2) is 5.84. The molecule has 118 valence electrons. The van der Waals surface area contributed by atoms with Crippen LogP contribution in [-0.2, 0) is 9.59 Å². The molecule has 2 aliphatic heterocycles. The van der Waals surface area contributed by atoms with E-state index in [4.69, 9.17) is 0 Å². The number of rotatable bonds is 2. The molecule has 0 unspecified atom stereocenters. The Balaban J connectivity index is 2.45. The van der Waals surface area contributed by atoms with Crippen molar-refractivity contribution in [2.75, 3.05) is 13.1 Å². The topological polar surface area (TPSA) is 85.2 Å². The molecule has 2 saturated heterocycles. The molecule has 22 heavy (non-hydrogen) atoms. The van der Waals surface area contributed by atoms with Crippen molar-refractivity contribution in [3.05, 3.63) is 22.4 Å². The van der Waals surface area contributed by atoms with Crippen LogP contribution in [-0.4, -0.2) is 35.5 Å². The molecule has 0 spiro atoms. The van der Waals surface area contributed by atoms with Crippen LogP contribution in [0, 0.1) is 11.3 Å². The number of nitriles is 1. The first-order valence-corrected chi connectivity index (χ1v) is 7.49. The molecule has 0 radical (unpaired) electrons. The van der Waals surface area contributed by atoms with Gasteiger partial charge in [0, 0.05) is 18.8 Å². The SMILES string of the molecule is CC(=C1C(=O)NC(C)(C)NC1=O)/C(C#N)=C(\C)N1CCCC1. The predicted molar refractivity (Wildman–Crippen MR) is 82.2 cm³/mol. The van der Waals surface area contributed by atoms with Crippen LogP contribution in [0.2, 0.25) is 0 Å². The van der Waals surface area contributed by atoms with Gasteiger partial charge in [0.1, 0.15) is 17.3 Å². The average molecular weight is 302 g/mol. The maximum Gasteiger partial charge on any atom is 0.258 e. The van der Waals surface area contributed by atoms with Gasteiger partial charge in [-0.15, -0.1) is 0 Å². The molecule has 6 heteroatoms. The van der Waals surface area contributed by atoms with E-state index < -0.39 is 17.5 Å². The first kappa shape index (κ1) is 16.1. The molecule has 0 aromatic rings. The highest BCUT2D eigenvalue weighted by Crippen LogP contribution is 2.25. The fourth-order valence-electron chi connectivity index (χ4n) is 2.94. The summed E-state index contributed by atoms with van der Waals surface area (Å²) in [4.78, 5) is 26.6. The smallest absolute Gasteiger partial charge is 0.258 e. The summed E-state index contributed by atoms with van der Waals surface area (Å²) < 4.78 is 0. The van der Waals surface area contributed by atoms with Crippen molar-refractivity contribution < 1.29 is 9.59 Å². The van der Waals surface area contributed by atoms with E-state index in [0.29, 0.717) is 11.1 Å². The highest BCUT2D eigenvalue weighted by molar-refractivity contribution is 6.21. The predicted octanol–water partition coefficient (Wildman–Crippen LogP) is 1.18. The van der Waals surface area contributed by atoms with Crippen molar-refractivity contribution in [3.63, 3.8) is 0 Å². The third-order valence-electron chi connectivity index (χ3n) is 4.11. The van der Waals surface area contributed by atoms with Crippen LogP contribution in [0.1, 0.15) is 40.5 Å². The van der Waals surface area contributed by atoms with E-state index in [1.807, 2.05) is 6.92 Å². The third kappa shape index (κ3) is 2.98. The first-order valence-electron chi connectivity index (χ1n) is 7.49. The summed E-state index contributed by atoms with van der Waals surface area (Å²) in [5.41, 5.74) is 0.905. The van der Waals surface area contributed by atoms with Gasteiger partial charge in [0.05, 0.1) is 5.57 Å². The lowest BCUT2D eigenvalue weighted by molar-refractivity contribution is -0.130. The first-order chi connectivity index (χ1) is 10.3. The molecule has 0 aromatic heterocycles. The van der Waals surface area contributed by atoms with Crippen LogP contribution in [0.4, 0.5) is 0 Å². The lowest BCUT2D eigenvalue weighted by Gasteiger charge is -2.33. The Morgan fingerprint density at radius 2 is 1.64 bits per heavy atom. The third-order valence-corrected chi connectivity index (χ3v) is 4.11. The summed E-state index contributed by atoms with van der Waals surface area (Å²) in [6.45, 7) is 8.77. The Kier molecular flexibility index (Phi) is 4.27. The van der Waals surface area contributed by atoms with Crippen molar-refractivity contribution in [2.45, 2.75) is 46.2 Å². The molecule has 2 amide bonds. The van der Waals surface area contributed by atoms with Crippen LogP contribution in [0.25, 0.3) is 0 Å². The quantitative estimate of drug-likeness (QED) is 0.456. The number of carbonyl (C=O) groups is 2. The monoisotopic (exact) mass is 302 g/mol. The number of likely N-dealkylation sites (tertiary alicyclic amines) is 1. The maximum absolute atomic E-state index is 12.3. The summed E-state index contributed by atoms with van der Waals surface area (Å²) in [5, 5.41) is 15.0. The molecule has 2 heterocycles. The Morgan fingerprint density at radius 3 is 2.09 bits per heavy atom. The van der Waals surface area contributed by atoms with Gasteiger partial charge in [-0.05, 0) is 46.1 Å². The Morgan fingerprint density at radius 1 is 1.14 bits per heavy atom. The molecule has 0 bridgehead atoms. The van der Waals surface area contributed by atoms with Crippen LogP contribution in [0.15, 0.2) is 22.4 Å². The Bertz CT molecular complexity index is 595. The van der Waals surface area contributed by atoms with Crippen molar-refractivity contribution in [2.24, 2.45) is 0 Å². The van der Waals surface area contributed by atoms with E-state index in [9.17, 15) is 14.9 Å². The van der Waals surface area contributed by atoms with E-state index in [1.165, 1.54) is 0 Å². The fourth-order valence-corrected chi connectivity index (χ4v) is 2.94. The van der Waals surface area contributed by atoms with Crippen LogP contribution in [0.5, 0.6) is 0 Å². The van der Waals surface area contributed by atoms with Crippen LogP contribution >= 0.6 is 0 Å². The average Bonchev–Trinajstić information content (AvgIpc) is 2.90. The van der Waals surface area contributed by atoms with Gasteiger partial charge in [0.25, 0.3) is 11.8 Å². The zero-order valence-corrected chi connectivity index (χ0v) is 13.5. The zero-order valence-electron chi connectivity index (χ0n) is 13.5. The molecule has 0 aliphatic carbocycles. The second-order valence-corrected chi connectivity index (χ2v) is 6.30. The molecule has 6 nitrogen and oxygen atoms in total. The van der Waals surface area contributed by atoms with Crippen molar-refractivity contribution in [1.82, 2.24) is 15.5 Å². The zero-order chi connectivity index (χ0) is 16.5. The summed E-state index contributed by atoms with van der Waals surface area (Å²) >= 11 is 0. The number of nitrogens with one attached hydrogen (secondary N) is 2. The highest BCUT2D eigenvalue weighted by atomic mass is 16.2. The summed E-state index contributed by atoms with van der Waals surface area (Å²) in [6, 6.07) is 2.16. The van der Waals surface area contributed by atoms with E-state index >= 15 is 0 Å². The van der Waals surface area contributed by atoms with Gasteiger partial charge in [0.2, 0.25) is 0 Å². The molecule has 2 aliphatic rings. The molecule has 2 fully saturated rings. The molecular weight excluding hydrogens is 280 g/mol. The van der Waals surface area contributed by atoms with Gasteiger partial charge in [0.15, 0.2) is 0 Å². The Hall–Kier alpha value is -2.29. The van der Waals surface area contributed by atoms with Crippen molar-refractivity contribution >= 4 is 11.8 Å². The number of allylic oxidation sites excluding steroid dienone is 3. The number of amides is 2. The number of hydrogen-bond donors (Lipinski definition) is 2. The minimum atomic E-state index is -0.779. The molecule has 0 saturated carbocycles. The van der Waals surface area contributed by atoms with Crippen molar-refractivity contribution in [1.29, 1.82) is 5.26 Å². The van der Waals surface area contributed by atoms with E-state index in [2.05, 4.69) is 21.6 Å². The number of hydrogen-bond acceptors (Lipinski definition) is 4. The molecule has 0 aromatic carbocycles. The van der Waals surface area contributed by atoms with Crippen LogP contribution < -0.4 is 10.6 Å². The summed E-state index contributed by atoms with van der Waals surface area (Å²) in [7, 11) is 0. The molecular formula is C16H22N4O2. The fraction of sp³-hybridized carbons (Fsp3) is 0.562. The lowest BCUT2D eigenvalue weighted by Crippen LogP contribution is -2.62. The van der Waals surface area contributed by atoms with Crippen molar-refractivity contribution in [3.8, 4) is 6.07 Å².